The van der Waals surface area contributed by atoms with Crippen molar-refractivity contribution in [1.29, 1.82) is 0 Å². The number of rotatable bonds is 2. The molecule has 28 heavy (non-hydrogen) atoms. The van der Waals surface area contributed by atoms with Crippen molar-refractivity contribution >= 4 is 5.91 Å². The van der Waals surface area contributed by atoms with E-state index in [2.05, 4.69) is 5.32 Å². The first kappa shape index (κ1) is 18.8. The van der Waals surface area contributed by atoms with Gasteiger partial charge in [-0.05, 0) is 36.6 Å². The molecule has 2 aromatic rings. The molecule has 4 rings (SSSR count). The molecule has 0 atom stereocenters. The second kappa shape index (κ2) is 7.13. The van der Waals surface area contributed by atoms with Gasteiger partial charge in [-0.1, -0.05) is 30.3 Å². The highest BCUT2D eigenvalue weighted by Crippen LogP contribution is 2.34. The molecule has 0 aliphatic carbocycles. The molecule has 1 fully saturated rings. The van der Waals surface area contributed by atoms with Crippen molar-refractivity contribution in [2.75, 3.05) is 19.7 Å². The molecule has 7 heteroatoms. The Hall–Kier alpha value is -2.54. The molecule has 0 bridgehead atoms. The topological polar surface area (TPSA) is 41.6 Å². The van der Waals surface area contributed by atoms with E-state index >= 15 is 0 Å². The quantitative estimate of drug-likeness (QED) is 0.847. The van der Waals surface area contributed by atoms with Crippen molar-refractivity contribution in [3.63, 3.8) is 0 Å². The Bertz CT molecular complexity index is 874. The van der Waals surface area contributed by atoms with Crippen molar-refractivity contribution in [3.8, 4) is 5.75 Å². The lowest BCUT2D eigenvalue weighted by Gasteiger charge is -2.41. The summed E-state index contributed by atoms with van der Waals surface area (Å²) in [6.45, 7) is 1.78. The SMILES string of the molecule is O=C1NC2(CCN(Cc3ccccc3C(F)(F)F)CC2)COc2ccccc21. The fraction of sp³-hybridized carbons (Fsp3) is 0.381. The van der Waals surface area contributed by atoms with E-state index < -0.39 is 17.3 Å². The number of para-hydroxylation sites is 1. The van der Waals surface area contributed by atoms with Gasteiger partial charge in [0.05, 0.1) is 16.7 Å². The Morgan fingerprint density at radius 1 is 1.04 bits per heavy atom. The minimum Gasteiger partial charge on any atom is -0.490 e. The standard InChI is InChI=1S/C21H21F3N2O2/c22-21(23,24)17-7-3-1-5-15(17)13-26-11-9-20(10-12-26)14-28-18-8-4-2-6-16(18)19(27)25-20/h1-8H,9-14H2,(H,25,27). The third-order valence-electron chi connectivity index (χ3n) is 5.54. The van der Waals surface area contributed by atoms with Crippen LogP contribution in [0, 0.1) is 0 Å². The lowest BCUT2D eigenvalue weighted by atomic mass is 9.87. The number of piperidine rings is 1. The number of amides is 1. The Labute approximate surface area is 161 Å². The van der Waals surface area contributed by atoms with E-state index in [-0.39, 0.29) is 18.0 Å². The van der Waals surface area contributed by atoms with Crippen molar-refractivity contribution in [2.24, 2.45) is 0 Å². The molecule has 0 radical (unpaired) electrons. The van der Waals surface area contributed by atoms with Crippen LogP contribution in [0.4, 0.5) is 13.2 Å². The van der Waals surface area contributed by atoms with Crippen LogP contribution in [0.25, 0.3) is 0 Å². The van der Waals surface area contributed by atoms with Gasteiger partial charge in [0.15, 0.2) is 0 Å². The van der Waals surface area contributed by atoms with Crippen LogP contribution >= 0.6 is 0 Å². The molecular formula is C21H21F3N2O2. The summed E-state index contributed by atoms with van der Waals surface area (Å²) in [7, 11) is 0. The molecule has 4 nitrogen and oxygen atoms in total. The van der Waals surface area contributed by atoms with Gasteiger partial charge in [-0.25, -0.2) is 0 Å². The maximum atomic E-state index is 13.2. The minimum absolute atomic E-state index is 0.163. The first-order chi connectivity index (χ1) is 13.4. The maximum absolute atomic E-state index is 13.2. The van der Waals surface area contributed by atoms with Crippen LogP contribution in [0.5, 0.6) is 5.75 Å². The third kappa shape index (κ3) is 3.71. The van der Waals surface area contributed by atoms with Gasteiger partial charge in [0.1, 0.15) is 12.4 Å². The monoisotopic (exact) mass is 390 g/mol. The molecule has 1 amide bonds. The number of nitrogens with zero attached hydrogens (tertiary/aromatic N) is 1. The predicted molar refractivity (Wildman–Crippen MR) is 98.1 cm³/mol. The van der Waals surface area contributed by atoms with Crippen LogP contribution in [0.15, 0.2) is 48.5 Å². The zero-order chi connectivity index (χ0) is 19.8. The smallest absolute Gasteiger partial charge is 0.416 e. The number of hydrogen-bond donors (Lipinski definition) is 1. The zero-order valence-corrected chi connectivity index (χ0v) is 15.3. The highest BCUT2D eigenvalue weighted by atomic mass is 19.4. The van der Waals surface area contributed by atoms with E-state index in [1.807, 2.05) is 11.0 Å². The molecule has 1 N–H and O–H groups in total. The van der Waals surface area contributed by atoms with Gasteiger partial charge >= 0.3 is 6.18 Å². The van der Waals surface area contributed by atoms with Gasteiger partial charge in [-0.2, -0.15) is 13.2 Å². The van der Waals surface area contributed by atoms with Crippen LogP contribution < -0.4 is 10.1 Å². The van der Waals surface area contributed by atoms with Gasteiger partial charge in [0.2, 0.25) is 0 Å². The number of likely N-dealkylation sites (tertiary alicyclic amines) is 1. The summed E-state index contributed by atoms with van der Waals surface area (Å²) in [5.74, 6) is 0.405. The molecule has 148 valence electrons. The maximum Gasteiger partial charge on any atom is 0.416 e. The first-order valence-corrected chi connectivity index (χ1v) is 9.28. The number of benzene rings is 2. The molecule has 0 saturated carbocycles. The van der Waals surface area contributed by atoms with E-state index in [1.165, 1.54) is 12.1 Å². The largest absolute Gasteiger partial charge is 0.490 e. The van der Waals surface area contributed by atoms with E-state index in [0.29, 0.717) is 43.9 Å². The zero-order valence-electron chi connectivity index (χ0n) is 15.3. The second-order valence-corrected chi connectivity index (χ2v) is 7.45. The number of nitrogens with one attached hydrogen (secondary N) is 1. The fourth-order valence-corrected chi connectivity index (χ4v) is 3.92. The number of carbonyl (C=O) groups excluding carboxylic acids is 1. The molecule has 0 aromatic heterocycles. The predicted octanol–water partition coefficient (Wildman–Crippen LogP) is 3.86. The number of carbonyl (C=O) groups is 1. The molecule has 1 spiro atoms. The third-order valence-corrected chi connectivity index (χ3v) is 5.54. The number of ether oxygens (including phenoxy) is 1. The van der Waals surface area contributed by atoms with Gasteiger partial charge in [-0.3, -0.25) is 9.69 Å². The van der Waals surface area contributed by atoms with Crippen molar-refractivity contribution in [3.05, 3.63) is 65.2 Å². The van der Waals surface area contributed by atoms with Crippen LogP contribution in [0.3, 0.4) is 0 Å². The molecule has 2 aromatic carbocycles. The summed E-state index contributed by atoms with van der Waals surface area (Å²) in [6, 6.07) is 12.8. The van der Waals surface area contributed by atoms with Crippen molar-refractivity contribution < 1.29 is 22.7 Å². The van der Waals surface area contributed by atoms with E-state index in [0.717, 1.165) is 6.07 Å². The summed E-state index contributed by atoms with van der Waals surface area (Å²) in [6.07, 6.45) is -3.11. The molecule has 2 aliphatic rings. The van der Waals surface area contributed by atoms with E-state index in [9.17, 15) is 18.0 Å². The van der Waals surface area contributed by atoms with E-state index in [1.54, 1.807) is 24.3 Å². The molecule has 2 heterocycles. The molecular weight excluding hydrogens is 369 g/mol. The lowest BCUT2D eigenvalue weighted by Crippen LogP contribution is -2.57. The van der Waals surface area contributed by atoms with Gasteiger partial charge < -0.3 is 10.1 Å². The van der Waals surface area contributed by atoms with Gasteiger partial charge in [-0.15, -0.1) is 0 Å². The summed E-state index contributed by atoms with van der Waals surface area (Å²) >= 11 is 0. The molecule has 2 aliphatic heterocycles. The number of hydrogen-bond acceptors (Lipinski definition) is 3. The number of alkyl halides is 3. The summed E-state index contributed by atoms with van der Waals surface area (Å²) in [5.41, 5.74) is -0.284. The average Bonchev–Trinajstić information content (AvgIpc) is 2.81. The number of fused-ring (bicyclic) bond motifs is 1. The Kier molecular flexibility index (Phi) is 4.79. The Morgan fingerprint density at radius 2 is 1.71 bits per heavy atom. The molecule has 0 unspecified atom stereocenters. The fourth-order valence-electron chi connectivity index (χ4n) is 3.92. The van der Waals surface area contributed by atoms with Crippen LogP contribution in [-0.4, -0.2) is 36.0 Å². The second-order valence-electron chi connectivity index (χ2n) is 7.45. The van der Waals surface area contributed by atoms with Crippen LogP contribution in [-0.2, 0) is 12.7 Å². The van der Waals surface area contributed by atoms with E-state index in [4.69, 9.17) is 4.74 Å². The summed E-state index contributed by atoms with van der Waals surface area (Å²) in [4.78, 5) is 14.6. The van der Waals surface area contributed by atoms with Crippen LogP contribution in [0.1, 0.15) is 34.3 Å². The first-order valence-electron chi connectivity index (χ1n) is 9.28. The summed E-state index contributed by atoms with van der Waals surface area (Å²) in [5, 5.41) is 3.10. The summed E-state index contributed by atoms with van der Waals surface area (Å²) < 4.78 is 45.6. The minimum atomic E-state index is -4.36. The number of halogens is 3. The van der Waals surface area contributed by atoms with Gasteiger partial charge in [0, 0.05) is 19.6 Å². The molecule has 1 saturated heterocycles. The van der Waals surface area contributed by atoms with Gasteiger partial charge in [0.25, 0.3) is 5.91 Å². The van der Waals surface area contributed by atoms with Crippen molar-refractivity contribution in [1.82, 2.24) is 10.2 Å². The average molecular weight is 390 g/mol. The Balaban J connectivity index is 1.44. The van der Waals surface area contributed by atoms with Crippen LogP contribution in [0.2, 0.25) is 0 Å². The Morgan fingerprint density at radius 3 is 2.46 bits per heavy atom. The van der Waals surface area contributed by atoms with Crippen molar-refractivity contribution in [2.45, 2.75) is 31.1 Å². The highest BCUT2D eigenvalue weighted by Gasteiger charge is 2.40. The lowest BCUT2D eigenvalue weighted by molar-refractivity contribution is -0.138. The normalized spacial score (nSPS) is 19.5. The highest BCUT2D eigenvalue weighted by molar-refractivity contribution is 5.97.